The molecule has 1 aromatic heterocycles. The summed E-state index contributed by atoms with van der Waals surface area (Å²) in [6.45, 7) is 0. The molecule has 0 bridgehead atoms. The van der Waals surface area contributed by atoms with Crippen molar-refractivity contribution in [3.63, 3.8) is 0 Å². The number of nitrogens with zero attached hydrogens (tertiary/aromatic N) is 1. The smallest absolute Gasteiger partial charge is 0.283 e. The molecular formula is C19H15ClN2O2S. The number of hydrogen-bond acceptors (Lipinski definition) is 4. The highest BCUT2D eigenvalue weighted by molar-refractivity contribution is 7.21. The van der Waals surface area contributed by atoms with Crippen molar-refractivity contribution in [2.24, 2.45) is 5.10 Å². The van der Waals surface area contributed by atoms with Crippen molar-refractivity contribution in [2.75, 3.05) is 7.11 Å². The topological polar surface area (TPSA) is 50.7 Å². The predicted molar refractivity (Wildman–Crippen MR) is 105 cm³/mol. The molecular weight excluding hydrogens is 356 g/mol. The van der Waals surface area contributed by atoms with Gasteiger partial charge in [-0.2, -0.15) is 5.10 Å². The van der Waals surface area contributed by atoms with Crippen LogP contribution < -0.4 is 10.2 Å². The van der Waals surface area contributed by atoms with E-state index in [1.807, 2.05) is 54.6 Å². The summed E-state index contributed by atoms with van der Waals surface area (Å²) in [5.74, 6) is 0.385. The quantitative estimate of drug-likeness (QED) is 0.508. The number of halogens is 1. The lowest BCUT2D eigenvalue weighted by atomic mass is 10.2. The second-order valence-corrected chi connectivity index (χ2v) is 6.53. The SMILES string of the molecule is COc1ccc2c(Cl)c(C(=O)N/N=C/C=C/c3ccccc3)sc2c1. The van der Waals surface area contributed by atoms with Gasteiger partial charge in [-0.05, 0) is 29.8 Å². The first-order chi connectivity index (χ1) is 12.2. The van der Waals surface area contributed by atoms with Crippen LogP contribution >= 0.6 is 22.9 Å². The zero-order valence-electron chi connectivity index (χ0n) is 13.4. The maximum atomic E-state index is 12.3. The molecule has 2 aromatic carbocycles. The lowest BCUT2D eigenvalue weighted by Crippen LogP contribution is -2.16. The summed E-state index contributed by atoms with van der Waals surface area (Å²) in [6.07, 6.45) is 5.18. The van der Waals surface area contributed by atoms with Crippen LogP contribution in [0, 0.1) is 0 Å². The normalized spacial score (nSPS) is 11.4. The van der Waals surface area contributed by atoms with Crippen molar-refractivity contribution in [1.82, 2.24) is 5.43 Å². The molecule has 0 aliphatic rings. The van der Waals surface area contributed by atoms with Gasteiger partial charge >= 0.3 is 0 Å². The first kappa shape index (κ1) is 17.2. The van der Waals surface area contributed by atoms with Crippen molar-refractivity contribution in [3.05, 3.63) is 70.1 Å². The summed E-state index contributed by atoms with van der Waals surface area (Å²) in [7, 11) is 1.60. The number of benzene rings is 2. The number of fused-ring (bicyclic) bond motifs is 1. The van der Waals surface area contributed by atoms with Crippen molar-refractivity contribution >= 4 is 51.2 Å². The highest BCUT2D eigenvalue weighted by atomic mass is 35.5. The number of amides is 1. The van der Waals surface area contributed by atoms with Crippen molar-refractivity contribution in [1.29, 1.82) is 0 Å². The minimum Gasteiger partial charge on any atom is -0.497 e. The molecule has 6 heteroatoms. The van der Waals surface area contributed by atoms with E-state index in [2.05, 4.69) is 10.5 Å². The number of ether oxygens (including phenoxy) is 1. The number of nitrogens with one attached hydrogen (secondary N) is 1. The second-order valence-electron chi connectivity index (χ2n) is 5.10. The van der Waals surface area contributed by atoms with Crippen LogP contribution in [0.1, 0.15) is 15.2 Å². The molecule has 0 spiro atoms. The Morgan fingerprint density at radius 3 is 2.80 bits per heavy atom. The monoisotopic (exact) mass is 370 g/mol. The Morgan fingerprint density at radius 2 is 2.04 bits per heavy atom. The first-order valence-corrected chi connectivity index (χ1v) is 8.69. The fraction of sp³-hybridized carbons (Fsp3) is 0.0526. The molecule has 1 amide bonds. The molecule has 0 fully saturated rings. The number of methoxy groups -OCH3 is 1. The summed E-state index contributed by atoms with van der Waals surface area (Å²) in [5.41, 5.74) is 3.55. The first-order valence-electron chi connectivity index (χ1n) is 7.50. The van der Waals surface area contributed by atoms with Gasteiger partial charge < -0.3 is 4.74 Å². The van der Waals surface area contributed by atoms with E-state index in [0.717, 1.165) is 21.4 Å². The number of allylic oxidation sites excluding steroid dienone is 1. The van der Waals surface area contributed by atoms with Gasteiger partial charge in [0.2, 0.25) is 0 Å². The van der Waals surface area contributed by atoms with Crippen LogP contribution in [-0.4, -0.2) is 19.2 Å². The zero-order valence-corrected chi connectivity index (χ0v) is 15.0. The Morgan fingerprint density at radius 1 is 1.24 bits per heavy atom. The fourth-order valence-corrected chi connectivity index (χ4v) is 3.66. The maximum absolute atomic E-state index is 12.3. The number of rotatable bonds is 5. The molecule has 0 aliphatic carbocycles. The molecule has 4 nitrogen and oxygen atoms in total. The second kappa shape index (κ2) is 7.96. The third kappa shape index (κ3) is 4.07. The van der Waals surface area contributed by atoms with E-state index in [4.69, 9.17) is 16.3 Å². The molecule has 1 heterocycles. The molecule has 126 valence electrons. The molecule has 0 saturated carbocycles. The minimum absolute atomic E-state index is 0.338. The van der Waals surface area contributed by atoms with E-state index < -0.39 is 0 Å². The van der Waals surface area contributed by atoms with Crippen LogP contribution in [0.5, 0.6) is 5.75 Å². The summed E-state index contributed by atoms with van der Waals surface area (Å²) in [5, 5.41) is 5.17. The van der Waals surface area contributed by atoms with Crippen molar-refractivity contribution in [2.45, 2.75) is 0 Å². The van der Waals surface area contributed by atoms with Gasteiger partial charge in [0.15, 0.2) is 0 Å². The van der Waals surface area contributed by atoms with E-state index in [1.165, 1.54) is 17.6 Å². The van der Waals surface area contributed by atoms with E-state index in [9.17, 15) is 4.79 Å². The van der Waals surface area contributed by atoms with Crippen LogP contribution in [0.2, 0.25) is 5.02 Å². The van der Waals surface area contributed by atoms with Crippen molar-refractivity contribution < 1.29 is 9.53 Å². The fourth-order valence-electron chi connectivity index (χ4n) is 2.23. The number of carbonyl (C=O) groups excluding carboxylic acids is 1. The van der Waals surface area contributed by atoms with E-state index in [1.54, 1.807) is 13.2 Å². The molecule has 0 aliphatic heterocycles. The van der Waals surface area contributed by atoms with Gasteiger partial charge in [0.25, 0.3) is 5.91 Å². The lowest BCUT2D eigenvalue weighted by Gasteiger charge is -1.98. The molecule has 3 aromatic rings. The molecule has 0 saturated heterocycles. The third-order valence-corrected chi connectivity index (χ3v) is 5.11. The minimum atomic E-state index is -0.338. The number of hydrazone groups is 1. The van der Waals surface area contributed by atoms with Crippen molar-refractivity contribution in [3.8, 4) is 5.75 Å². The summed E-state index contributed by atoms with van der Waals surface area (Å²) in [6, 6.07) is 15.3. The molecule has 0 radical (unpaired) electrons. The van der Waals surface area contributed by atoms with Crippen LogP contribution in [-0.2, 0) is 0 Å². The van der Waals surface area contributed by atoms with E-state index in [-0.39, 0.29) is 5.91 Å². The van der Waals surface area contributed by atoms with Gasteiger partial charge in [-0.15, -0.1) is 11.3 Å². The van der Waals surface area contributed by atoms with E-state index >= 15 is 0 Å². The van der Waals surface area contributed by atoms with Gasteiger partial charge in [-0.25, -0.2) is 5.43 Å². The molecule has 3 rings (SSSR count). The van der Waals surface area contributed by atoms with Crippen LogP contribution in [0.3, 0.4) is 0 Å². The average Bonchev–Trinajstić information content (AvgIpc) is 2.98. The summed E-state index contributed by atoms with van der Waals surface area (Å²) >= 11 is 7.62. The Balaban J connectivity index is 1.69. The molecule has 0 unspecified atom stereocenters. The van der Waals surface area contributed by atoms with E-state index in [0.29, 0.717) is 9.90 Å². The summed E-state index contributed by atoms with van der Waals surface area (Å²) < 4.78 is 6.08. The van der Waals surface area contributed by atoms with Gasteiger partial charge in [-0.1, -0.05) is 48.0 Å². The molecule has 25 heavy (non-hydrogen) atoms. The highest BCUT2D eigenvalue weighted by Gasteiger charge is 2.17. The Labute approximate surface area is 154 Å². The standard InChI is InChI=1S/C19H15ClN2O2S/c1-24-14-9-10-15-16(12-14)25-18(17(15)20)19(23)22-21-11-5-8-13-6-3-2-4-7-13/h2-12H,1H3,(H,22,23)/b8-5+,21-11+. The predicted octanol–water partition coefficient (Wildman–Crippen LogP) is 4.99. The highest BCUT2D eigenvalue weighted by Crippen LogP contribution is 2.37. The summed E-state index contributed by atoms with van der Waals surface area (Å²) in [4.78, 5) is 12.7. The zero-order chi connectivity index (χ0) is 17.6. The number of thiophene rings is 1. The molecule has 1 N–H and O–H groups in total. The largest absolute Gasteiger partial charge is 0.497 e. The lowest BCUT2D eigenvalue weighted by molar-refractivity contribution is 0.0959. The molecule has 0 atom stereocenters. The Bertz CT molecular complexity index is 949. The third-order valence-electron chi connectivity index (χ3n) is 3.46. The van der Waals surface area contributed by atoms with Crippen LogP contribution in [0.4, 0.5) is 0 Å². The van der Waals surface area contributed by atoms with Crippen LogP contribution in [0.15, 0.2) is 59.7 Å². The average molecular weight is 371 g/mol. The maximum Gasteiger partial charge on any atom is 0.283 e. The Kier molecular flexibility index (Phi) is 5.48. The van der Waals surface area contributed by atoms with Gasteiger partial charge in [-0.3, -0.25) is 4.79 Å². The van der Waals surface area contributed by atoms with Gasteiger partial charge in [0, 0.05) is 16.3 Å². The number of hydrogen-bond donors (Lipinski definition) is 1. The van der Waals surface area contributed by atoms with Crippen LogP contribution in [0.25, 0.3) is 16.2 Å². The Hall–Kier alpha value is -2.63. The van der Waals surface area contributed by atoms with Gasteiger partial charge in [0.1, 0.15) is 10.6 Å². The number of carbonyl (C=O) groups is 1. The van der Waals surface area contributed by atoms with Gasteiger partial charge in [0.05, 0.1) is 12.1 Å².